The molecule has 18 heavy (non-hydrogen) atoms. The maximum atomic E-state index is 11.2. The molecule has 3 N–H and O–H groups in total. The number of aryl methyl sites for hydroxylation is 1. The molecule has 1 saturated heterocycles. The van der Waals surface area contributed by atoms with Crippen LogP contribution in [0.15, 0.2) is 23.0 Å². The molecule has 2 heterocycles. The highest BCUT2D eigenvalue weighted by atomic mass is 16.1. The van der Waals surface area contributed by atoms with Crippen molar-refractivity contribution in [3.05, 3.63) is 34.2 Å². The van der Waals surface area contributed by atoms with E-state index in [2.05, 4.69) is 27.4 Å². The summed E-state index contributed by atoms with van der Waals surface area (Å²) in [7, 11) is 0. The summed E-state index contributed by atoms with van der Waals surface area (Å²) >= 11 is 0. The number of fused-ring (bicyclic) bond motifs is 1. The third-order valence-electron chi connectivity index (χ3n) is 3.88. The highest BCUT2D eigenvalue weighted by Gasteiger charge is 2.12. The lowest BCUT2D eigenvalue weighted by atomic mass is 9.91. The van der Waals surface area contributed by atoms with Crippen LogP contribution >= 0.6 is 0 Å². The maximum Gasteiger partial charge on any atom is 0.323 e. The second-order valence-corrected chi connectivity index (χ2v) is 5.19. The Balaban J connectivity index is 1.68. The molecule has 0 unspecified atom stereocenters. The first-order chi connectivity index (χ1) is 8.81. The van der Waals surface area contributed by atoms with Crippen molar-refractivity contribution < 1.29 is 0 Å². The van der Waals surface area contributed by atoms with Crippen molar-refractivity contribution in [2.75, 3.05) is 13.1 Å². The smallest absolute Gasteiger partial charge is 0.317 e. The Morgan fingerprint density at radius 2 is 1.89 bits per heavy atom. The van der Waals surface area contributed by atoms with Crippen LogP contribution < -0.4 is 11.0 Å². The van der Waals surface area contributed by atoms with Crippen molar-refractivity contribution in [2.24, 2.45) is 5.92 Å². The van der Waals surface area contributed by atoms with Crippen molar-refractivity contribution in [3.8, 4) is 0 Å². The first-order valence-electron chi connectivity index (χ1n) is 6.73. The predicted molar refractivity (Wildman–Crippen MR) is 72.8 cm³/mol. The zero-order chi connectivity index (χ0) is 12.4. The molecule has 0 bridgehead atoms. The van der Waals surface area contributed by atoms with E-state index in [0.29, 0.717) is 0 Å². The molecule has 4 heteroatoms. The Morgan fingerprint density at radius 1 is 1.11 bits per heavy atom. The van der Waals surface area contributed by atoms with Gasteiger partial charge in [-0.25, -0.2) is 4.79 Å². The van der Waals surface area contributed by atoms with Gasteiger partial charge in [0.2, 0.25) is 0 Å². The second-order valence-electron chi connectivity index (χ2n) is 5.19. The molecule has 0 spiro atoms. The molecule has 1 aliphatic rings. The van der Waals surface area contributed by atoms with E-state index in [4.69, 9.17) is 0 Å². The zero-order valence-corrected chi connectivity index (χ0v) is 10.5. The fourth-order valence-corrected chi connectivity index (χ4v) is 2.78. The molecular formula is C14H19N3O. The number of aromatic amines is 2. The fourth-order valence-electron chi connectivity index (χ4n) is 2.78. The van der Waals surface area contributed by atoms with E-state index in [-0.39, 0.29) is 5.69 Å². The molecule has 96 valence electrons. The lowest BCUT2D eigenvalue weighted by Crippen LogP contribution is -2.27. The van der Waals surface area contributed by atoms with Crippen LogP contribution in [0.1, 0.15) is 24.8 Å². The number of rotatable bonds is 3. The molecule has 3 rings (SSSR count). The maximum absolute atomic E-state index is 11.2. The van der Waals surface area contributed by atoms with Crippen molar-refractivity contribution in [1.82, 2.24) is 15.3 Å². The SMILES string of the molecule is O=c1[nH]c2ccc(CCC3CCNCC3)cc2[nH]1. The van der Waals surface area contributed by atoms with E-state index in [1.807, 2.05) is 6.07 Å². The van der Waals surface area contributed by atoms with Gasteiger partial charge in [-0.05, 0) is 62.4 Å². The van der Waals surface area contributed by atoms with E-state index < -0.39 is 0 Å². The second kappa shape index (κ2) is 4.98. The van der Waals surface area contributed by atoms with Crippen molar-refractivity contribution in [2.45, 2.75) is 25.7 Å². The van der Waals surface area contributed by atoms with E-state index in [9.17, 15) is 4.79 Å². The van der Waals surface area contributed by atoms with E-state index in [1.54, 1.807) is 0 Å². The molecule has 0 atom stereocenters. The molecule has 0 amide bonds. The summed E-state index contributed by atoms with van der Waals surface area (Å²) in [6, 6.07) is 6.20. The lowest BCUT2D eigenvalue weighted by molar-refractivity contribution is 0.354. The number of hydrogen-bond donors (Lipinski definition) is 3. The Bertz CT molecular complexity index is 578. The summed E-state index contributed by atoms with van der Waals surface area (Å²) < 4.78 is 0. The van der Waals surface area contributed by atoms with Gasteiger partial charge in [-0.15, -0.1) is 0 Å². The minimum Gasteiger partial charge on any atom is -0.317 e. The predicted octanol–water partition coefficient (Wildman–Crippen LogP) is 1.79. The number of hydrogen-bond acceptors (Lipinski definition) is 2. The lowest BCUT2D eigenvalue weighted by Gasteiger charge is -2.22. The van der Waals surface area contributed by atoms with Gasteiger partial charge in [0.15, 0.2) is 0 Å². The molecular weight excluding hydrogens is 226 g/mol. The van der Waals surface area contributed by atoms with Gasteiger partial charge >= 0.3 is 5.69 Å². The van der Waals surface area contributed by atoms with Gasteiger partial charge in [0.25, 0.3) is 0 Å². The first kappa shape index (κ1) is 11.5. The largest absolute Gasteiger partial charge is 0.323 e. The van der Waals surface area contributed by atoms with Crippen LogP contribution in [-0.2, 0) is 6.42 Å². The Labute approximate surface area is 106 Å². The Kier molecular flexibility index (Phi) is 3.19. The van der Waals surface area contributed by atoms with Crippen LogP contribution in [0, 0.1) is 5.92 Å². The van der Waals surface area contributed by atoms with E-state index >= 15 is 0 Å². The molecule has 1 aromatic heterocycles. The normalized spacial score (nSPS) is 17.3. The Hall–Kier alpha value is -1.55. The summed E-state index contributed by atoms with van der Waals surface area (Å²) in [5.74, 6) is 0.854. The molecule has 0 aliphatic carbocycles. The summed E-state index contributed by atoms with van der Waals surface area (Å²) in [4.78, 5) is 16.8. The van der Waals surface area contributed by atoms with E-state index in [1.165, 1.54) is 24.8 Å². The molecule has 1 aromatic carbocycles. The highest BCUT2D eigenvalue weighted by molar-refractivity contribution is 5.74. The van der Waals surface area contributed by atoms with Crippen LogP contribution in [0.5, 0.6) is 0 Å². The monoisotopic (exact) mass is 245 g/mol. The molecule has 1 fully saturated rings. The van der Waals surface area contributed by atoms with E-state index in [0.717, 1.165) is 36.5 Å². The standard InChI is InChI=1S/C14H19N3O/c18-14-16-12-4-3-11(9-13(12)17-14)2-1-10-5-7-15-8-6-10/h3-4,9-10,15H,1-2,5-8H2,(H2,16,17,18). The van der Waals surface area contributed by atoms with Gasteiger partial charge in [-0.1, -0.05) is 6.07 Å². The number of H-pyrrole nitrogens is 2. The van der Waals surface area contributed by atoms with Gasteiger partial charge in [0.05, 0.1) is 11.0 Å². The number of benzene rings is 1. The average molecular weight is 245 g/mol. The molecule has 0 radical (unpaired) electrons. The van der Waals surface area contributed by atoms with Gasteiger partial charge in [-0.3, -0.25) is 0 Å². The van der Waals surface area contributed by atoms with Crippen molar-refractivity contribution in [1.29, 1.82) is 0 Å². The van der Waals surface area contributed by atoms with Crippen molar-refractivity contribution in [3.63, 3.8) is 0 Å². The molecule has 1 aliphatic heterocycles. The number of imidazole rings is 1. The number of piperidine rings is 1. The summed E-state index contributed by atoms with van der Waals surface area (Å²) in [6.07, 6.45) is 4.95. The highest BCUT2D eigenvalue weighted by Crippen LogP contribution is 2.20. The fraction of sp³-hybridized carbons (Fsp3) is 0.500. The van der Waals surface area contributed by atoms with Gasteiger partial charge in [0.1, 0.15) is 0 Å². The van der Waals surface area contributed by atoms with Gasteiger partial charge in [0, 0.05) is 0 Å². The molecule has 4 nitrogen and oxygen atoms in total. The zero-order valence-electron chi connectivity index (χ0n) is 10.5. The van der Waals surface area contributed by atoms with Crippen LogP contribution in [0.4, 0.5) is 0 Å². The average Bonchev–Trinajstić information content (AvgIpc) is 2.77. The molecule has 2 aromatic rings. The topological polar surface area (TPSA) is 60.7 Å². The van der Waals surface area contributed by atoms with Crippen LogP contribution in [-0.4, -0.2) is 23.1 Å². The quantitative estimate of drug-likeness (QED) is 0.772. The van der Waals surface area contributed by atoms with Crippen molar-refractivity contribution >= 4 is 11.0 Å². The minimum atomic E-state index is -0.125. The summed E-state index contributed by atoms with van der Waals surface area (Å²) in [5, 5.41) is 3.40. The van der Waals surface area contributed by atoms with Crippen LogP contribution in [0.3, 0.4) is 0 Å². The third kappa shape index (κ3) is 2.48. The Morgan fingerprint density at radius 3 is 2.72 bits per heavy atom. The molecule has 0 saturated carbocycles. The number of aromatic nitrogens is 2. The van der Waals surface area contributed by atoms with Gasteiger partial charge < -0.3 is 15.3 Å². The van der Waals surface area contributed by atoms with Crippen LogP contribution in [0.25, 0.3) is 11.0 Å². The van der Waals surface area contributed by atoms with Crippen LogP contribution in [0.2, 0.25) is 0 Å². The number of nitrogens with one attached hydrogen (secondary N) is 3. The summed E-state index contributed by atoms with van der Waals surface area (Å²) in [5.41, 5.74) is 3.00. The minimum absolute atomic E-state index is 0.125. The third-order valence-corrected chi connectivity index (χ3v) is 3.88. The van der Waals surface area contributed by atoms with Gasteiger partial charge in [-0.2, -0.15) is 0 Å². The summed E-state index contributed by atoms with van der Waals surface area (Å²) in [6.45, 7) is 2.32. The first-order valence-corrected chi connectivity index (χ1v) is 6.73.